The Morgan fingerprint density at radius 3 is 1.46 bits per heavy atom. The number of carbonyl (C=O) groups excluding carboxylic acids is 3. The monoisotopic (exact) mass is 578 g/mol. The normalized spacial score (nSPS) is 22.1. The van der Waals surface area contributed by atoms with Gasteiger partial charge in [-0.05, 0) is 68.4 Å². The number of rotatable bonds is 8. The van der Waals surface area contributed by atoms with Crippen LogP contribution in [0.4, 0.5) is 0 Å². The van der Waals surface area contributed by atoms with Crippen LogP contribution in [0.1, 0.15) is 62.5 Å². The molecule has 0 aromatic heterocycles. The molecule has 0 radical (unpaired) electrons. The lowest BCUT2D eigenvalue weighted by atomic mass is 9.82. The molecule has 0 amide bonds. The number of ether oxygens (including phenoxy) is 2. The van der Waals surface area contributed by atoms with E-state index in [0.29, 0.717) is 19.1 Å². The van der Waals surface area contributed by atoms with Crippen molar-refractivity contribution in [3.63, 3.8) is 0 Å². The van der Waals surface area contributed by atoms with Gasteiger partial charge >= 0.3 is 11.9 Å². The summed E-state index contributed by atoms with van der Waals surface area (Å²) < 4.78 is 10.6. The summed E-state index contributed by atoms with van der Waals surface area (Å²) in [6.07, 6.45) is 7.74. The fourth-order valence-electron chi connectivity index (χ4n) is 4.76. The molecule has 8 heteroatoms. The first-order chi connectivity index (χ1) is 19.0. The Hall–Kier alpha value is -2.41. The van der Waals surface area contributed by atoms with E-state index in [9.17, 15) is 14.4 Å². The third-order valence-corrected chi connectivity index (χ3v) is 7.18. The van der Waals surface area contributed by atoms with E-state index in [1.807, 2.05) is 60.7 Å². The molecule has 2 aromatic rings. The average molecular weight is 580 g/mol. The lowest BCUT2D eigenvalue weighted by molar-refractivity contribution is -0.152. The third kappa shape index (κ3) is 13.0. The Kier molecular flexibility index (Phi) is 16.5. The van der Waals surface area contributed by atoms with Gasteiger partial charge in [0.25, 0.3) is 0 Å². The summed E-state index contributed by atoms with van der Waals surface area (Å²) in [7, 11) is 0. The van der Waals surface area contributed by atoms with Gasteiger partial charge in [0, 0.05) is 12.5 Å². The van der Waals surface area contributed by atoms with E-state index in [1.54, 1.807) is 0 Å². The summed E-state index contributed by atoms with van der Waals surface area (Å²) in [5.41, 5.74) is 2.03. The van der Waals surface area contributed by atoms with Crippen molar-refractivity contribution in [1.29, 1.82) is 0 Å². The van der Waals surface area contributed by atoms with Gasteiger partial charge in [0.1, 0.15) is 19.5 Å². The van der Waals surface area contributed by atoms with Crippen LogP contribution in [0.5, 0.6) is 0 Å². The predicted octanol–water partition coefficient (Wildman–Crippen LogP) is 6.69. The van der Waals surface area contributed by atoms with Crippen molar-refractivity contribution in [1.82, 2.24) is 0 Å². The second-order valence-corrected chi connectivity index (χ2v) is 10.7. The fourth-order valence-corrected chi connectivity index (χ4v) is 4.76. The summed E-state index contributed by atoms with van der Waals surface area (Å²) >= 11 is 9.53. The zero-order valence-corrected chi connectivity index (χ0v) is 23.9. The molecule has 0 spiro atoms. The van der Waals surface area contributed by atoms with Crippen LogP contribution >= 0.6 is 23.2 Å². The maximum atomic E-state index is 11.9. The van der Waals surface area contributed by atoms with Crippen molar-refractivity contribution in [2.75, 3.05) is 11.9 Å². The second kappa shape index (κ2) is 19.6. The molecule has 0 unspecified atom stereocenters. The van der Waals surface area contributed by atoms with Crippen molar-refractivity contribution >= 4 is 41.4 Å². The standard InChI is InChI=1S/C15H20O3.C15H18O3.CH2Cl2/c2*16-10-12-6-8-14(9-7-12)15(17)18-11-13-4-2-1-3-5-13;2-1-3/h1-5,12,14,16H,6-11H2;1-5,10,12,14H,6-9,11H2;1H2. The average Bonchev–Trinajstić information content (AvgIpc) is 3.00. The highest BCUT2D eigenvalue weighted by Gasteiger charge is 2.28. The van der Waals surface area contributed by atoms with Gasteiger partial charge < -0.3 is 19.4 Å². The van der Waals surface area contributed by atoms with E-state index < -0.39 is 0 Å². The number of carbonyl (C=O) groups is 3. The molecule has 1 N–H and O–H groups in total. The van der Waals surface area contributed by atoms with Crippen molar-refractivity contribution in [3.05, 3.63) is 71.8 Å². The van der Waals surface area contributed by atoms with Gasteiger partial charge in [-0.25, -0.2) is 0 Å². The predicted molar refractivity (Wildman–Crippen MR) is 153 cm³/mol. The Labute approximate surface area is 242 Å². The van der Waals surface area contributed by atoms with Gasteiger partial charge in [-0.1, -0.05) is 60.7 Å². The Balaban J connectivity index is 0.000000249. The highest BCUT2D eigenvalue weighted by atomic mass is 35.5. The largest absolute Gasteiger partial charge is 0.461 e. The summed E-state index contributed by atoms with van der Waals surface area (Å²) in [5.74, 6) is 0.311. The van der Waals surface area contributed by atoms with Crippen LogP contribution in [0.3, 0.4) is 0 Å². The first-order valence-electron chi connectivity index (χ1n) is 13.6. The van der Waals surface area contributed by atoms with Crippen molar-refractivity contribution in [3.8, 4) is 0 Å². The maximum Gasteiger partial charge on any atom is 0.309 e. The van der Waals surface area contributed by atoms with Crippen LogP contribution in [0, 0.1) is 23.7 Å². The minimum Gasteiger partial charge on any atom is -0.461 e. The second-order valence-electron chi connectivity index (χ2n) is 9.94. The number of aldehydes is 1. The molecule has 0 atom stereocenters. The summed E-state index contributed by atoms with van der Waals surface area (Å²) in [6, 6.07) is 19.4. The molecule has 0 heterocycles. The van der Waals surface area contributed by atoms with E-state index >= 15 is 0 Å². The first kappa shape index (κ1) is 32.8. The topological polar surface area (TPSA) is 89.9 Å². The number of hydrogen-bond donors (Lipinski definition) is 1. The molecule has 4 rings (SSSR count). The summed E-state index contributed by atoms with van der Waals surface area (Å²) in [5, 5.41) is 9.25. The van der Waals surface area contributed by atoms with Crippen molar-refractivity contribution in [2.45, 2.75) is 64.6 Å². The number of halogens is 2. The smallest absolute Gasteiger partial charge is 0.309 e. The van der Waals surface area contributed by atoms with Crippen LogP contribution in [0.2, 0.25) is 0 Å². The number of aliphatic hydroxyl groups excluding tert-OH is 1. The summed E-state index contributed by atoms with van der Waals surface area (Å²) in [6.45, 7) is 0.943. The van der Waals surface area contributed by atoms with E-state index in [0.717, 1.165) is 68.8 Å². The molecule has 0 bridgehead atoms. The van der Waals surface area contributed by atoms with Crippen LogP contribution in [-0.2, 0) is 37.1 Å². The minimum absolute atomic E-state index is 0.0232. The van der Waals surface area contributed by atoms with Gasteiger partial charge in [-0.15, -0.1) is 23.2 Å². The molecule has 6 nitrogen and oxygen atoms in total. The van der Waals surface area contributed by atoms with Gasteiger partial charge in [0.15, 0.2) is 0 Å². The van der Waals surface area contributed by atoms with E-state index in [-0.39, 0.29) is 41.6 Å². The van der Waals surface area contributed by atoms with Gasteiger partial charge in [0.05, 0.1) is 17.2 Å². The molecule has 2 aromatic carbocycles. The quantitative estimate of drug-likeness (QED) is 0.213. The molecule has 2 fully saturated rings. The van der Waals surface area contributed by atoms with Gasteiger partial charge in [0.2, 0.25) is 0 Å². The van der Waals surface area contributed by atoms with E-state index in [4.69, 9.17) is 37.8 Å². The van der Waals surface area contributed by atoms with Crippen molar-refractivity contribution < 1.29 is 29.0 Å². The third-order valence-electron chi connectivity index (χ3n) is 7.18. The maximum absolute atomic E-state index is 11.9. The summed E-state index contributed by atoms with van der Waals surface area (Å²) in [4.78, 5) is 34.4. The number of esters is 2. The number of hydrogen-bond acceptors (Lipinski definition) is 6. The molecule has 2 aliphatic carbocycles. The Bertz CT molecular complexity index is 940. The highest BCUT2D eigenvalue weighted by molar-refractivity contribution is 6.40. The van der Waals surface area contributed by atoms with E-state index in [2.05, 4.69) is 0 Å². The van der Waals surface area contributed by atoms with Crippen LogP contribution in [0.15, 0.2) is 60.7 Å². The molecule has 0 aliphatic heterocycles. The highest BCUT2D eigenvalue weighted by Crippen LogP contribution is 2.30. The number of benzene rings is 2. The van der Waals surface area contributed by atoms with E-state index in [1.165, 1.54) is 0 Å². The lowest BCUT2D eigenvalue weighted by Gasteiger charge is -2.25. The van der Waals surface area contributed by atoms with Crippen LogP contribution in [-0.4, -0.2) is 35.3 Å². The first-order valence-corrected chi connectivity index (χ1v) is 14.7. The zero-order chi connectivity index (χ0) is 28.3. The zero-order valence-electron chi connectivity index (χ0n) is 22.4. The van der Waals surface area contributed by atoms with Crippen molar-refractivity contribution in [2.24, 2.45) is 23.7 Å². The SMILES string of the molecule is ClCCl.O=C(OCc1ccccc1)C1CCC(CO)CC1.O=CC1CCC(C(=O)OCc2ccccc2)CC1. The molecule has 0 saturated heterocycles. The Morgan fingerprint density at radius 1 is 0.718 bits per heavy atom. The van der Waals surface area contributed by atoms with Gasteiger partial charge in [-0.3, -0.25) is 9.59 Å². The lowest BCUT2D eigenvalue weighted by Crippen LogP contribution is -2.24. The number of aliphatic hydroxyl groups is 1. The van der Waals surface area contributed by atoms with Crippen LogP contribution < -0.4 is 0 Å². The van der Waals surface area contributed by atoms with Crippen LogP contribution in [0.25, 0.3) is 0 Å². The molecule has 214 valence electrons. The number of alkyl halides is 2. The van der Waals surface area contributed by atoms with Gasteiger partial charge in [-0.2, -0.15) is 0 Å². The molecular formula is C31H40Cl2O6. The molecular weight excluding hydrogens is 539 g/mol. The fraction of sp³-hybridized carbons (Fsp3) is 0.516. The minimum atomic E-state index is -0.122. The Morgan fingerprint density at radius 2 is 1.10 bits per heavy atom. The molecule has 2 aliphatic rings. The molecule has 39 heavy (non-hydrogen) atoms. The molecule has 2 saturated carbocycles.